The molecule has 2 aromatic rings. The average molecular weight is 441 g/mol. The van der Waals surface area contributed by atoms with E-state index < -0.39 is 6.09 Å². The number of likely N-dealkylation sites (tertiary alicyclic amines) is 1. The van der Waals surface area contributed by atoms with Crippen molar-refractivity contribution in [3.8, 4) is 0 Å². The van der Waals surface area contributed by atoms with Crippen molar-refractivity contribution in [2.45, 2.75) is 50.7 Å². The SMILES string of the molecule is Cc1ccc(SC[C@H](C)CN2CC[C@H](NC(=O)OCc3ccccc3)CCC2=O)cc1. The number of aryl methyl sites for hydroxylation is 1. The molecule has 2 atom stereocenters. The van der Waals surface area contributed by atoms with Gasteiger partial charge in [-0.2, -0.15) is 0 Å². The summed E-state index contributed by atoms with van der Waals surface area (Å²) in [4.78, 5) is 27.9. The molecule has 6 heteroatoms. The Bertz CT molecular complexity index is 842. The predicted molar refractivity (Wildman–Crippen MR) is 125 cm³/mol. The average Bonchev–Trinajstić information content (AvgIpc) is 2.94. The lowest BCUT2D eigenvalue weighted by molar-refractivity contribution is -0.131. The second kappa shape index (κ2) is 11.8. The van der Waals surface area contributed by atoms with Crippen molar-refractivity contribution >= 4 is 23.8 Å². The van der Waals surface area contributed by atoms with Gasteiger partial charge in [0.25, 0.3) is 0 Å². The first kappa shape index (κ1) is 23.2. The molecule has 5 nitrogen and oxygen atoms in total. The number of alkyl carbamates (subject to hydrolysis) is 1. The zero-order valence-electron chi connectivity index (χ0n) is 18.4. The summed E-state index contributed by atoms with van der Waals surface area (Å²) in [5.74, 6) is 1.55. The van der Waals surface area contributed by atoms with Crippen molar-refractivity contribution in [2.24, 2.45) is 5.92 Å². The van der Waals surface area contributed by atoms with Gasteiger partial charge in [-0.15, -0.1) is 11.8 Å². The van der Waals surface area contributed by atoms with Crippen LogP contribution >= 0.6 is 11.8 Å². The second-order valence-electron chi connectivity index (χ2n) is 8.30. The fourth-order valence-corrected chi connectivity index (χ4v) is 4.52. The number of carbonyl (C=O) groups is 2. The third-order valence-electron chi connectivity index (χ3n) is 5.43. The summed E-state index contributed by atoms with van der Waals surface area (Å²) in [6.07, 6.45) is 1.45. The molecule has 0 bridgehead atoms. The van der Waals surface area contributed by atoms with Crippen LogP contribution in [0.3, 0.4) is 0 Å². The van der Waals surface area contributed by atoms with Crippen LogP contribution in [0.1, 0.15) is 37.3 Å². The third kappa shape index (κ3) is 7.94. The van der Waals surface area contributed by atoms with E-state index in [1.165, 1.54) is 10.5 Å². The van der Waals surface area contributed by atoms with E-state index in [2.05, 4.69) is 43.4 Å². The Labute approximate surface area is 189 Å². The van der Waals surface area contributed by atoms with E-state index in [1.54, 1.807) is 0 Å². The van der Waals surface area contributed by atoms with Crippen LogP contribution in [0.5, 0.6) is 0 Å². The Morgan fingerprint density at radius 3 is 2.65 bits per heavy atom. The van der Waals surface area contributed by atoms with Crippen LogP contribution in [0.15, 0.2) is 59.5 Å². The minimum absolute atomic E-state index is 0.0329. The van der Waals surface area contributed by atoms with E-state index >= 15 is 0 Å². The molecular formula is C25H32N2O3S. The maximum Gasteiger partial charge on any atom is 0.407 e. The Morgan fingerprint density at radius 1 is 1.16 bits per heavy atom. The van der Waals surface area contributed by atoms with Crippen LogP contribution in [-0.2, 0) is 16.1 Å². The Hall–Kier alpha value is -2.47. The number of carbonyl (C=O) groups excluding carboxylic acids is 2. The number of hydrogen-bond acceptors (Lipinski definition) is 4. The van der Waals surface area contributed by atoms with E-state index in [9.17, 15) is 9.59 Å². The maximum absolute atomic E-state index is 12.6. The molecule has 166 valence electrons. The first-order chi connectivity index (χ1) is 15.0. The number of nitrogens with one attached hydrogen (secondary N) is 1. The molecule has 31 heavy (non-hydrogen) atoms. The molecule has 1 aliphatic rings. The fraction of sp³-hybridized carbons (Fsp3) is 0.440. The summed E-state index contributed by atoms with van der Waals surface area (Å²) in [5.41, 5.74) is 2.22. The molecule has 1 saturated heterocycles. The quantitative estimate of drug-likeness (QED) is 0.585. The van der Waals surface area contributed by atoms with Gasteiger partial charge in [-0.05, 0) is 43.4 Å². The number of rotatable bonds is 8. The van der Waals surface area contributed by atoms with Crippen molar-refractivity contribution < 1.29 is 14.3 Å². The molecule has 0 aliphatic carbocycles. The molecule has 2 amide bonds. The number of ether oxygens (including phenoxy) is 1. The van der Waals surface area contributed by atoms with Crippen molar-refractivity contribution in [2.75, 3.05) is 18.8 Å². The summed E-state index contributed by atoms with van der Waals surface area (Å²) in [6.45, 7) is 5.95. The molecule has 0 spiro atoms. The van der Waals surface area contributed by atoms with E-state index in [1.807, 2.05) is 47.0 Å². The molecule has 2 aromatic carbocycles. The predicted octanol–water partition coefficient (Wildman–Crippen LogP) is 5.03. The molecule has 1 N–H and O–H groups in total. The van der Waals surface area contributed by atoms with Gasteiger partial charge in [-0.25, -0.2) is 4.79 Å². The van der Waals surface area contributed by atoms with Gasteiger partial charge >= 0.3 is 6.09 Å². The van der Waals surface area contributed by atoms with Crippen LogP contribution in [0, 0.1) is 12.8 Å². The van der Waals surface area contributed by atoms with Crippen LogP contribution in [0.4, 0.5) is 4.79 Å². The normalized spacial score (nSPS) is 17.7. The molecule has 3 rings (SSSR count). The van der Waals surface area contributed by atoms with Gasteiger partial charge < -0.3 is 15.0 Å². The van der Waals surface area contributed by atoms with Gasteiger partial charge in [0.2, 0.25) is 5.91 Å². The molecule has 0 radical (unpaired) electrons. The molecule has 0 saturated carbocycles. The number of thioether (sulfide) groups is 1. The van der Waals surface area contributed by atoms with E-state index in [-0.39, 0.29) is 18.6 Å². The van der Waals surface area contributed by atoms with Gasteiger partial charge in [0.05, 0.1) is 0 Å². The first-order valence-electron chi connectivity index (χ1n) is 10.9. The molecule has 1 heterocycles. The van der Waals surface area contributed by atoms with Gasteiger partial charge in [-0.3, -0.25) is 4.79 Å². The Balaban J connectivity index is 1.40. The minimum Gasteiger partial charge on any atom is -0.445 e. The molecule has 0 aromatic heterocycles. The second-order valence-corrected chi connectivity index (χ2v) is 9.39. The lowest BCUT2D eigenvalue weighted by atomic mass is 10.1. The highest BCUT2D eigenvalue weighted by Gasteiger charge is 2.25. The standard InChI is InChI=1S/C25H32N2O3S/c1-19-8-11-23(12-9-19)31-18-20(2)16-27-15-14-22(10-13-24(27)28)26-25(29)30-17-21-6-4-3-5-7-21/h3-9,11-12,20,22H,10,13-18H2,1-2H3,(H,26,29)/t20-,22-/m1/s1. The highest BCUT2D eigenvalue weighted by molar-refractivity contribution is 7.99. The largest absolute Gasteiger partial charge is 0.445 e. The monoisotopic (exact) mass is 440 g/mol. The van der Waals surface area contributed by atoms with Crippen molar-refractivity contribution in [1.82, 2.24) is 10.2 Å². The summed E-state index contributed by atoms with van der Waals surface area (Å²) in [5, 5.41) is 2.93. The van der Waals surface area contributed by atoms with E-state index in [0.717, 1.165) is 24.3 Å². The number of nitrogens with zero attached hydrogens (tertiary/aromatic N) is 1. The van der Waals surface area contributed by atoms with Crippen LogP contribution in [-0.4, -0.2) is 41.8 Å². The van der Waals surface area contributed by atoms with Crippen LogP contribution in [0.2, 0.25) is 0 Å². The summed E-state index contributed by atoms with van der Waals surface area (Å²) < 4.78 is 5.32. The zero-order chi connectivity index (χ0) is 22.1. The minimum atomic E-state index is -0.419. The molecular weight excluding hydrogens is 408 g/mol. The number of hydrogen-bond donors (Lipinski definition) is 1. The Morgan fingerprint density at radius 2 is 1.90 bits per heavy atom. The lowest BCUT2D eigenvalue weighted by Gasteiger charge is -2.24. The van der Waals surface area contributed by atoms with E-state index in [0.29, 0.717) is 25.3 Å². The van der Waals surface area contributed by atoms with Gasteiger partial charge in [0.1, 0.15) is 6.61 Å². The van der Waals surface area contributed by atoms with Crippen LogP contribution < -0.4 is 5.32 Å². The highest BCUT2D eigenvalue weighted by atomic mass is 32.2. The van der Waals surface area contributed by atoms with Gasteiger partial charge in [0.15, 0.2) is 0 Å². The molecule has 1 fully saturated rings. The molecule has 1 aliphatic heterocycles. The van der Waals surface area contributed by atoms with Gasteiger partial charge in [-0.1, -0.05) is 55.0 Å². The summed E-state index contributed by atoms with van der Waals surface area (Å²) in [6, 6.07) is 18.1. The van der Waals surface area contributed by atoms with Gasteiger partial charge in [0, 0.05) is 36.2 Å². The van der Waals surface area contributed by atoms with E-state index in [4.69, 9.17) is 4.74 Å². The fourth-order valence-electron chi connectivity index (χ4n) is 3.61. The maximum atomic E-state index is 12.6. The third-order valence-corrected chi connectivity index (χ3v) is 6.77. The molecule has 0 unspecified atom stereocenters. The summed E-state index contributed by atoms with van der Waals surface area (Å²) in [7, 11) is 0. The first-order valence-corrected chi connectivity index (χ1v) is 11.9. The van der Waals surface area contributed by atoms with Crippen LogP contribution in [0.25, 0.3) is 0 Å². The topological polar surface area (TPSA) is 58.6 Å². The Kier molecular flexibility index (Phi) is 8.83. The van der Waals surface area contributed by atoms with Crippen molar-refractivity contribution in [1.29, 1.82) is 0 Å². The highest BCUT2D eigenvalue weighted by Crippen LogP contribution is 2.22. The van der Waals surface area contributed by atoms with Crippen molar-refractivity contribution in [3.63, 3.8) is 0 Å². The van der Waals surface area contributed by atoms with Crippen molar-refractivity contribution in [3.05, 3.63) is 65.7 Å². The zero-order valence-corrected chi connectivity index (χ0v) is 19.2. The smallest absolute Gasteiger partial charge is 0.407 e. The number of amides is 2. The number of benzene rings is 2. The lowest BCUT2D eigenvalue weighted by Crippen LogP contribution is -2.37. The summed E-state index contributed by atoms with van der Waals surface area (Å²) >= 11 is 1.83.